The summed E-state index contributed by atoms with van der Waals surface area (Å²) in [5.74, 6) is 0.327. The van der Waals surface area contributed by atoms with Crippen molar-refractivity contribution in [2.24, 2.45) is 4.99 Å². The summed E-state index contributed by atoms with van der Waals surface area (Å²) in [6, 6.07) is 22.1. The monoisotopic (exact) mass is 493 g/mol. The largest absolute Gasteiger partial charge is 0.497 e. The van der Waals surface area contributed by atoms with Crippen LogP contribution in [-0.2, 0) is 16.1 Å². The fraction of sp³-hybridized carbons (Fsp3) is 0.192. The number of hydrogen-bond donors (Lipinski definition) is 1. The molecule has 1 saturated heterocycles. The number of halogens is 1. The Morgan fingerprint density at radius 2 is 1.88 bits per heavy atom. The van der Waals surface area contributed by atoms with Crippen LogP contribution in [0.1, 0.15) is 17.5 Å². The number of ether oxygens (including phenoxy) is 1. The highest BCUT2D eigenvalue weighted by molar-refractivity contribution is 8.15. The summed E-state index contributed by atoms with van der Waals surface area (Å²) in [5.41, 5.74) is 3.33. The van der Waals surface area contributed by atoms with E-state index in [1.54, 1.807) is 36.3 Å². The van der Waals surface area contributed by atoms with E-state index >= 15 is 0 Å². The molecule has 1 atom stereocenters. The van der Waals surface area contributed by atoms with Crippen LogP contribution in [0.4, 0.5) is 11.4 Å². The number of aryl methyl sites for hydroxylation is 1. The number of carbonyl (C=O) groups is 2. The quantitative estimate of drug-likeness (QED) is 0.470. The molecule has 0 aliphatic carbocycles. The van der Waals surface area contributed by atoms with Crippen molar-refractivity contribution in [2.75, 3.05) is 12.4 Å². The van der Waals surface area contributed by atoms with Gasteiger partial charge in [0, 0.05) is 17.1 Å². The average Bonchev–Trinajstić information content (AvgIpc) is 2.83. The Kier molecular flexibility index (Phi) is 7.55. The molecule has 0 spiro atoms. The van der Waals surface area contributed by atoms with E-state index in [0.29, 0.717) is 33.9 Å². The predicted octanol–water partition coefficient (Wildman–Crippen LogP) is 5.82. The normalized spacial score (nSPS) is 17.0. The van der Waals surface area contributed by atoms with Crippen LogP contribution in [0.5, 0.6) is 5.75 Å². The van der Waals surface area contributed by atoms with Gasteiger partial charge >= 0.3 is 0 Å². The second-order valence-corrected chi connectivity index (χ2v) is 9.47. The minimum atomic E-state index is -0.591. The summed E-state index contributed by atoms with van der Waals surface area (Å²) < 4.78 is 5.22. The van der Waals surface area contributed by atoms with Gasteiger partial charge in [-0.2, -0.15) is 0 Å². The summed E-state index contributed by atoms with van der Waals surface area (Å²) in [6.07, 6.45) is 0.0809. The Balaban J connectivity index is 1.60. The van der Waals surface area contributed by atoms with Crippen LogP contribution in [0.25, 0.3) is 0 Å². The maximum Gasteiger partial charge on any atom is 0.238 e. The van der Waals surface area contributed by atoms with E-state index in [2.05, 4.69) is 5.32 Å². The van der Waals surface area contributed by atoms with Gasteiger partial charge in [-0.25, -0.2) is 4.99 Å². The van der Waals surface area contributed by atoms with Crippen LogP contribution in [0.3, 0.4) is 0 Å². The SMILES string of the molecule is COc1ccc(N=C2SC(C(=O)Nc3cccc(C)c3)CC(=O)N2Cc2ccc(Cl)cc2)cc1. The van der Waals surface area contributed by atoms with Crippen molar-refractivity contribution in [3.8, 4) is 5.75 Å². The number of methoxy groups -OCH3 is 1. The van der Waals surface area contributed by atoms with Crippen molar-refractivity contribution >= 4 is 51.7 Å². The molecule has 174 valence electrons. The lowest BCUT2D eigenvalue weighted by Gasteiger charge is -2.32. The van der Waals surface area contributed by atoms with Crippen LogP contribution in [-0.4, -0.2) is 34.2 Å². The Morgan fingerprint density at radius 3 is 2.56 bits per heavy atom. The van der Waals surface area contributed by atoms with Gasteiger partial charge in [0.1, 0.15) is 11.0 Å². The first-order valence-electron chi connectivity index (χ1n) is 10.7. The second kappa shape index (κ2) is 10.8. The number of nitrogens with one attached hydrogen (secondary N) is 1. The highest BCUT2D eigenvalue weighted by Crippen LogP contribution is 2.31. The van der Waals surface area contributed by atoms with Gasteiger partial charge in [0.15, 0.2) is 5.17 Å². The molecule has 0 bridgehead atoms. The number of nitrogens with zero attached hydrogens (tertiary/aromatic N) is 2. The molecule has 0 saturated carbocycles. The van der Waals surface area contributed by atoms with Gasteiger partial charge < -0.3 is 10.1 Å². The molecule has 3 aromatic rings. The van der Waals surface area contributed by atoms with Gasteiger partial charge in [0.05, 0.1) is 19.3 Å². The second-order valence-electron chi connectivity index (χ2n) is 7.87. The van der Waals surface area contributed by atoms with Crippen molar-refractivity contribution in [3.63, 3.8) is 0 Å². The number of carbonyl (C=O) groups excluding carboxylic acids is 2. The Labute approximate surface area is 208 Å². The predicted molar refractivity (Wildman–Crippen MR) is 138 cm³/mol. The lowest BCUT2D eigenvalue weighted by molar-refractivity contribution is -0.129. The number of amides is 2. The van der Waals surface area contributed by atoms with Gasteiger partial charge in [-0.1, -0.05) is 47.6 Å². The van der Waals surface area contributed by atoms with Gasteiger partial charge in [-0.3, -0.25) is 14.5 Å². The van der Waals surface area contributed by atoms with Crippen LogP contribution in [0.15, 0.2) is 77.8 Å². The van der Waals surface area contributed by atoms with Crippen LogP contribution >= 0.6 is 23.4 Å². The number of amidine groups is 1. The Hall–Kier alpha value is -3.29. The molecule has 1 unspecified atom stereocenters. The smallest absolute Gasteiger partial charge is 0.238 e. The van der Waals surface area contributed by atoms with E-state index in [4.69, 9.17) is 21.3 Å². The molecule has 4 rings (SSSR count). The zero-order chi connectivity index (χ0) is 24.1. The molecular weight excluding hydrogens is 470 g/mol. The summed E-state index contributed by atoms with van der Waals surface area (Å²) in [6.45, 7) is 2.30. The molecule has 1 N–H and O–H groups in total. The van der Waals surface area contributed by atoms with Crippen LogP contribution in [0.2, 0.25) is 5.02 Å². The van der Waals surface area contributed by atoms with Crippen molar-refractivity contribution in [1.29, 1.82) is 0 Å². The van der Waals surface area contributed by atoms with E-state index in [1.165, 1.54) is 11.8 Å². The van der Waals surface area contributed by atoms with Gasteiger partial charge in [-0.05, 0) is 66.6 Å². The summed E-state index contributed by atoms with van der Waals surface area (Å²) >= 11 is 7.30. The minimum Gasteiger partial charge on any atom is -0.497 e. The summed E-state index contributed by atoms with van der Waals surface area (Å²) in [4.78, 5) is 32.5. The summed E-state index contributed by atoms with van der Waals surface area (Å²) in [7, 11) is 1.60. The van der Waals surface area contributed by atoms with Crippen molar-refractivity contribution in [2.45, 2.75) is 25.1 Å². The number of aliphatic imine (C=N–C) groups is 1. The highest BCUT2D eigenvalue weighted by atomic mass is 35.5. The van der Waals surface area contributed by atoms with Gasteiger partial charge in [0.25, 0.3) is 0 Å². The molecule has 3 aromatic carbocycles. The molecular formula is C26H24ClN3O3S. The maximum absolute atomic E-state index is 13.2. The number of rotatable bonds is 6. The number of anilines is 1. The van der Waals surface area contributed by atoms with Gasteiger partial charge in [0.2, 0.25) is 11.8 Å². The van der Waals surface area contributed by atoms with E-state index in [1.807, 2.05) is 55.5 Å². The molecule has 0 radical (unpaired) electrons. The van der Waals surface area contributed by atoms with Crippen LogP contribution < -0.4 is 10.1 Å². The van der Waals surface area contributed by atoms with Crippen molar-refractivity contribution < 1.29 is 14.3 Å². The number of hydrogen-bond acceptors (Lipinski definition) is 5. The molecule has 2 amide bonds. The first-order chi connectivity index (χ1) is 16.4. The molecule has 1 aliphatic rings. The molecule has 0 aromatic heterocycles. The standard InChI is InChI=1S/C26H24ClN3O3S/c1-17-4-3-5-21(14-17)28-25(32)23-15-24(31)30(16-18-6-8-19(27)9-7-18)26(34-23)29-20-10-12-22(33-2)13-11-20/h3-14,23H,15-16H2,1-2H3,(H,28,32). The Morgan fingerprint density at radius 1 is 1.15 bits per heavy atom. The molecule has 8 heteroatoms. The van der Waals surface area contributed by atoms with E-state index in [-0.39, 0.29) is 18.2 Å². The maximum atomic E-state index is 13.2. The third-order valence-corrected chi connectivity index (χ3v) is 6.71. The zero-order valence-corrected chi connectivity index (χ0v) is 20.4. The fourth-order valence-corrected chi connectivity index (χ4v) is 4.71. The first-order valence-corrected chi connectivity index (χ1v) is 12.0. The minimum absolute atomic E-state index is 0.0809. The number of thioether (sulfide) groups is 1. The topological polar surface area (TPSA) is 71.0 Å². The van der Waals surface area contributed by atoms with Crippen molar-refractivity contribution in [1.82, 2.24) is 4.90 Å². The third-order valence-electron chi connectivity index (χ3n) is 5.27. The number of benzene rings is 3. The first kappa shape index (κ1) is 23.9. The van der Waals surface area contributed by atoms with Gasteiger partial charge in [-0.15, -0.1) is 0 Å². The molecule has 1 heterocycles. The Bertz CT molecular complexity index is 1210. The third kappa shape index (κ3) is 5.98. The molecule has 6 nitrogen and oxygen atoms in total. The average molecular weight is 494 g/mol. The molecule has 1 aliphatic heterocycles. The van der Waals surface area contributed by atoms with E-state index in [9.17, 15) is 9.59 Å². The highest BCUT2D eigenvalue weighted by Gasteiger charge is 2.36. The van der Waals surface area contributed by atoms with E-state index in [0.717, 1.165) is 11.1 Å². The van der Waals surface area contributed by atoms with Crippen LogP contribution in [0, 0.1) is 6.92 Å². The zero-order valence-electron chi connectivity index (χ0n) is 18.8. The fourth-order valence-electron chi connectivity index (χ4n) is 3.48. The van der Waals surface area contributed by atoms with E-state index < -0.39 is 5.25 Å². The molecule has 34 heavy (non-hydrogen) atoms. The van der Waals surface area contributed by atoms with Crippen molar-refractivity contribution in [3.05, 3.63) is 88.9 Å². The lowest BCUT2D eigenvalue weighted by Crippen LogP contribution is -2.44. The molecule has 1 fully saturated rings. The summed E-state index contributed by atoms with van der Waals surface area (Å²) in [5, 5.41) is 3.44. The lowest BCUT2D eigenvalue weighted by atomic mass is 10.2.